The van der Waals surface area contributed by atoms with Crippen LogP contribution in [-0.2, 0) is 4.79 Å². The zero-order valence-electron chi connectivity index (χ0n) is 15.2. The molecule has 1 atom stereocenters. The fourth-order valence-electron chi connectivity index (χ4n) is 3.21. The van der Waals surface area contributed by atoms with Crippen LogP contribution < -0.4 is 15.0 Å². The van der Waals surface area contributed by atoms with Gasteiger partial charge in [-0.15, -0.1) is 0 Å². The maximum Gasteiger partial charge on any atom is 0.251 e. The standard InChI is InChI=1S/C21H24N2O3/c1-3-19(15-8-12-18(26-2)13-9-15)22-21(25)16-6-10-17(11-7-16)23-14-4-5-20(23)24/h6-13,19H,3-5,14H2,1-2H3,(H,22,25). The Kier molecular flexibility index (Phi) is 5.56. The normalized spacial score (nSPS) is 15.0. The number of carbonyl (C=O) groups is 2. The van der Waals surface area contributed by atoms with Gasteiger partial charge in [0.05, 0.1) is 13.2 Å². The SMILES string of the molecule is CCC(NC(=O)c1ccc(N2CCCC2=O)cc1)c1ccc(OC)cc1. The number of carbonyl (C=O) groups excluding carboxylic acids is 2. The third-order valence-electron chi connectivity index (χ3n) is 4.75. The van der Waals surface area contributed by atoms with E-state index in [0.29, 0.717) is 12.0 Å². The molecule has 0 aliphatic carbocycles. The predicted octanol–water partition coefficient (Wildman–Crippen LogP) is 3.70. The van der Waals surface area contributed by atoms with Gasteiger partial charge in [0.1, 0.15) is 5.75 Å². The Labute approximate surface area is 154 Å². The number of rotatable bonds is 6. The highest BCUT2D eigenvalue weighted by Crippen LogP contribution is 2.23. The van der Waals surface area contributed by atoms with Gasteiger partial charge in [-0.05, 0) is 54.8 Å². The number of amides is 2. The fourth-order valence-corrected chi connectivity index (χ4v) is 3.21. The van der Waals surface area contributed by atoms with Gasteiger partial charge in [-0.3, -0.25) is 9.59 Å². The summed E-state index contributed by atoms with van der Waals surface area (Å²) >= 11 is 0. The molecule has 2 aromatic rings. The van der Waals surface area contributed by atoms with Gasteiger partial charge in [0.2, 0.25) is 5.91 Å². The van der Waals surface area contributed by atoms with Gasteiger partial charge >= 0.3 is 0 Å². The van der Waals surface area contributed by atoms with Crippen molar-refractivity contribution in [2.75, 3.05) is 18.6 Å². The van der Waals surface area contributed by atoms with Crippen LogP contribution in [0.15, 0.2) is 48.5 Å². The van der Waals surface area contributed by atoms with Crippen LogP contribution >= 0.6 is 0 Å². The molecule has 2 amide bonds. The summed E-state index contributed by atoms with van der Waals surface area (Å²) in [6.07, 6.45) is 2.28. The van der Waals surface area contributed by atoms with Crippen molar-refractivity contribution in [1.82, 2.24) is 5.32 Å². The number of methoxy groups -OCH3 is 1. The summed E-state index contributed by atoms with van der Waals surface area (Å²) in [5, 5.41) is 3.07. The quantitative estimate of drug-likeness (QED) is 0.862. The Morgan fingerprint density at radius 1 is 1.15 bits per heavy atom. The highest BCUT2D eigenvalue weighted by Gasteiger charge is 2.22. The zero-order valence-corrected chi connectivity index (χ0v) is 15.2. The first kappa shape index (κ1) is 18.0. The van der Waals surface area contributed by atoms with Crippen molar-refractivity contribution >= 4 is 17.5 Å². The lowest BCUT2D eigenvalue weighted by atomic mass is 10.0. The van der Waals surface area contributed by atoms with Crippen LogP contribution in [-0.4, -0.2) is 25.5 Å². The monoisotopic (exact) mass is 352 g/mol. The van der Waals surface area contributed by atoms with Crippen LogP contribution in [0.25, 0.3) is 0 Å². The molecule has 0 radical (unpaired) electrons. The van der Waals surface area contributed by atoms with E-state index in [1.165, 1.54) is 0 Å². The molecule has 5 heteroatoms. The van der Waals surface area contributed by atoms with Crippen molar-refractivity contribution in [3.8, 4) is 5.75 Å². The van der Waals surface area contributed by atoms with E-state index in [1.807, 2.05) is 43.3 Å². The van der Waals surface area contributed by atoms with Crippen LogP contribution in [0.5, 0.6) is 5.75 Å². The number of benzene rings is 2. The molecule has 5 nitrogen and oxygen atoms in total. The van der Waals surface area contributed by atoms with E-state index in [9.17, 15) is 9.59 Å². The van der Waals surface area contributed by atoms with Crippen molar-refractivity contribution in [3.05, 3.63) is 59.7 Å². The lowest BCUT2D eigenvalue weighted by Gasteiger charge is -2.19. The molecule has 136 valence electrons. The molecule has 1 aliphatic heterocycles. The van der Waals surface area contributed by atoms with Gasteiger partial charge in [-0.1, -0.05) is 19.1 Å². The molecule has 0 bridgehead atoms. The average molecular weight is 352 g/mol. The van der Waals surface area contributed by atoms with Crippen LogP contribution in [0.1, 0.15) is 48.1 Å². The summed E-state index contributed by atoms with van der Waals surface area (Å²) in [5.74, 6) is 0.821. The Bertz CT molecular complexity index is 769. The van der Waals surface area contributed by atoms with Gasteiger partial charge in [0.25, 0.3) is 5.91 Å². The van der Waals surface area contributed by atoms with E-state index < -0.39 is 0 Å². The maximum absolute atomic E-state index is 12.6. The molecule has 0 spiro atoms. The molecule has 1 N–H and O–H groups in total. The molecule has 0 saturated carbocycles. The number of nitrogens with one attached hydrogen (secondary N) is 1. The summed E-state index contributed by atoms with van der Waals surface area (Å²) in [4.78, 5) is 26.2. The molecular weight excluding hydrogens is 328 g/mol. The molecule has 1 unspecified atom stereocenters. The van der Waals surface area contributed by atoms with Gasteiger partial charge in [-0.2, -0.15) is 0 Å². The van der Waals surface area contributed by atoms with E-state index in [1.54, 1.807) is 24.1 Å². The topological polar surface area (TPSA) is 58.6 Å². The Morgan fingerprint density at radius 2 is 1.85 bits per heavy atom. The Hall–Kier alpha value is -2.82. The van der Waals surface area contributed by atoms with E-state index >= 15 is 0 Å². The molecule has 26 heavy (non-hydrogen) atoms. The number of hydrogen-bond acceptors (Lipinski definition) is 3. The van der Waals surface area contributed by atoms with Crippen LogP contribution in [0, 0.1) is 0 Å². The molecule has 1 heterocycles. The first-order valence-electron chi connectivity index (χ1n) is 8.97. The van der Waals surface area contributed by atoms with E-state index in [0.717, 1.165) is 36.4 Å². The van der Waals surface area contributed by atoms with Crippen LogP contribution in [0.4, 0.5) is 5.69 Å². The largest absolute Gasteiger partial charge is 0.497 e. The highest BCUT2D eigenvalue weighted by atomic mass is 16.5. The molecule has 3 rings (SSSR count). The van der Waals surface area contributed by atoms with Gasteiger partial charge in [0.15, 0.2) is 0 Å². The van der Waals surface area contributed by atoms with Crippen molar-refractivity contribution in [2.24, 2.45) is 0 Å². The molecule has 1 fully saturated rings. The van der Waals surface area contributed by atoms with E-state index in [4.69, 9.17) is 4.74 Å². The second-order valence-corrected chi connectivity index (χ2v) is 6.40. The minimum Gasteiger partial charge on any atom is -0.497 e. The first-order valence-corrected chi connectivity index (χ1v) is 8.97. The second-order valence-electron chi connectivity index (χ2n) is 6.40. The van der Waals surface area contributed by atoms with Crippen LogP contribution in [0.2, 0.25) is 0 Å². The van der Waals surface area contributed by atoms with Crippen molar-refractivity contribution < 1.29 is 14.3 Å². The van der Waals surface area contributed by atoms with E-state index in [2.05, 4.69) is 5.32 Å². The zero-order chi connectivity index (χ0) is 18.5. The summed E-state index contributed by atoms with van der Waals surface area (Å²) < 4.78 is 5.18. The minimum atomic E-state index is -0.119. The predicted molar refractivity (Wildman–Crippen MR) is 102 cm³/mol. The molecule has 2 aromatic carbocycles. The van der Waals surface area contributed by atoms with Crippen molar-refractivity contribution in [3.63, 3.8) is 0 Å². The fraction of sp³-hybridized carbons (Fsp3) is 0.333. The van der Waals surface area contributed by atoms with E-state index in [-0.39, 0.29) is 17.9 Å². The maximum atomic E-state index is 12.6. The van der Waals surface area contributed by atoms with Crippen molar-refractivity contribution in [1.29, 1.82) is 0 Å². The van der Waals surface area contributed by atoms with Gasteiger partial charge in [-0.25, -0.2) is 0 Å². The molecule has 0 aromatic heterocycles. The summed E-state index contributed by atoms with van der Waals surface area (Å²) in [6.45, 7) is 2.79. The summed E-state index contributed by atoms with van der Waals surface area (Å²) in [7, 11) is 1.63. The molecular formula is C21H24N2O3. The minimum absolute atomic E-state index is 0.0618. The third kappa shape index (κ3) is 3.87. The molecule has 1 aliphatic rings. The summed E-state index contributed by atoms with van der Waals surface area (Å²) in [5.41, 5.74) is 2.49. The summed E-state index contributed by atoms with van der Waals surface area (Å²) in [6, 6.07) is 14.9. The second kappa shape index (κ2) is 8.04. The molecule has 1 saturated heterocycles. The number of anilines is 1. The Morgan fingerprint density at radius 3 is 2.38 bits per heavy atom. The van der Waals surface area contributed by atoms with Crippen molar-refractivity contribution in [2.45, 2.75) is 32.2 Å². The first-order chi connectivity index (χ1) is 12.6. The van der Waals surface area contributed by atoms with Crippen LogP contribution in [0.3, 0.4) is 0 Å². The van der Waals surface area contributed by atoms with Gasteiger partial charge < -0.3 is 15.0 Å². The van der Waals surface area contributed by atoms with Gasteiger partial charge in [0, 0.05) is 24.2 Å². The number of nitrogens with zero attached hydrogens (tertiary/aromatic N) is 1. The number of hydrogen-bond donors (Lipinski definition) is 1. The Balaban J connectivity index is 1.68. The average Bonchev–Trinajstić information content (AvgIpc) is 3.12. The number of ether oxygens (including phenoxy) is 1. The smallest absolute Gasteiger partial charge is 0.251 e. The third-order valence-corrected chi connectivity index (χ3v) is 4.75. The lowest BCUT2D eigenvalue weighted by molar-refractivity contribution is -0.117. The lowest BCUT2D eigenvalue weighted by Crippen LogP contribution is -2.28. The highest BCUT2D eigenvalue weighted by molar-refractivity contribution is 5.97.